The summed E-state index contributed by atoms with van der Waals surface area (Å²) in [6.07, 6.45) is 2.03. The number of carbonyl (C=O) groups excluding carboxylic acids is 2. The molecule has 0 saturated heterocycles. The number of nitrogens with zero attached hydrogens (tertiary/aromatic N) is 1. The first-order valence-electron chi connectivity index (χ1n) is 6.94. The van der Waals surface area contributed by atoms with Crippen LogP contribution in [0.1, 0.15) is 12.0 Å². The van der Waals surface area contributed by atoms with Gasteiger partial charge in [-0.15, -0.1) is 0 Å². The number of benzene rings is 1. The summed E-state index contributed by atoms with van der Waals surface area (Å²) in [4.78, 5) is 23.0. The summed E-state index contributed by atoms with van der Waals surface area (Å²) < 4.78 is 15.1. The lowest BCUT2D eigenvalue weighted by molar-refractivity contribution is -0.139. The monoisotopic (exact) mass is 323 g/mol. The van der Waals surface area contributed by atoms with Crippen LogP contribution in [0.4, 0.5) is 0 Å². The van der Waals surface area contributed by atoms with Gasteiger partial charge in [0.1, 0.15) is 0 Å². The summed E-state index contributed by atoms with van der Waals surface area (Å²) in [6, 6.07) is 5.14. The molecule has 0 unspecified atom stereocenters. The normalized spacial score (nSPS) is 10.4. The molecule has 2 N–H and O–H groups in total. The third-order valence-corrected chi connectivity index (χ3v) is 2.80. The molecule has 0 aliphatic heterocycles. The highest BCUT2D eigenvalue weighted by Crippen LogP contribution is 2.26. The Balaban J connectivity index is 2.48. The maximum atomic E-state index is 11.5. The summed E-state index contributed by atoms with van der Waals surface area (Å²) in [5.41, 5.74) is 2.84. The molecule has 2 amide bonds. The summed E-state index contributed by atoms with van der Waals surface area (Å²) in [5, 5.41) is 6.19. The van der Waals surface area contributed by atoms with Gasteiger partial charge in [0.05, 0.1) is 20.4 Å². The van der Waals surface area contributed by atoms with Crippen molar-refractivity contribution in [1.82, 2.24) is 10.7 Å². The highest BCUT2D eigenvalue weighted by Gasteiger charge is 2.11. The van der Waals surface area contributed by atoms with Crippen molar-refractivity contribution in [2.75, 3.05) is 34.5 Å². The maximum Gasteiger partial charge on any atom is 0.329 e. The number of hydrogen-bond donors (Lipinski definition) is 2. The van der Waals surface area contributed by atoms with E-state index in [1.54, 1.807) is 25.3 Å². The number of ether oxygens (including phenoxy) is 3. The molecule has 0 heterocycles. The molecular weight excluding hydrogens is 302 g/mol. The molecule has 8 heteroatoms. The molecule has 0 atom stereocenters. The minimum Gasteiger partial charge on any atom is -0.493 e. The van der Waals surface area contributed by atoms with Crippen LogP contribution in [-0.2, 0) is 14.3 Å². The third kappa shape index (κ3) is 6.35. The molecule has 0 bridgehead atoms. The van der Waals surface area contributed by atoms with Crippen molar-refractivity contribution >= 4 is 18.0 Å². The first kappa shape index (κ1) is 18.4. The van der Waals surface area contributed by atoms with Crippen LogP contribution >= 0.6 is 0 Å². The van der Waals surface area contributed by atoms with Crippen molar-refractivity contribution in [1.29, 1.82) is 0 Å². The van der Waals surface area contributed by atoms with Gasteiger partial charge in [-0.05, 0) is 30.2 Å². The van der Waals surface area contributed by atoms with Crippen LogP contribution in [0, 0.1) is 0 Å². The average molecular weight is 323 g/mol. The van der Waals surface area contributed by atoms with Crippen LogP contribution in [0.25, 0.3) is 0 Å². The molecule has 8 nitrogen and oxygen atoms in total. The number of rotatable bonds is 8. The lowest BCUT2D eigenvalue weighted by Crippen LogP contribution is -2.38. The first-order valence-corrected chi connectivity index (χ1v) is 6.94. The Labute approximate surface area is 134 Å². The standard InChI is InChI=1S/C15H21N3O5/c1-21-8-4-7-16-14(19)15(20)18-17-10-11-5-6-12(22-2)13(9-11)23-3/h5-6,9-10H,4,7-8H2,1-3H3,(H,16,19)(H,18,20)/b17-10+. The zero-order valence-corrected chi connectivity index (χ0v) is 13.4. The average Bonchev–Trinajstić information content (AvgIpc) is 2.58. The highest BCUT2D eigenvalue weighted by atomic mass is 16.5. The Morgan fingerprint density at radius 1 is 1.13 bits per heavy atom. The molecule has 0 radical (unpaired) electrons. The van der Waals surface area contributed by atoms with Crippen molar-refractivity contribution in [2.45, 2.75) is 6.42 Å². The van der Waals surface area contributed by atoms with Crippen molar-refractivity contribution in [3.8, 4) is 11.5 Å². The molecule has 0 aromatic heterocycles. The van der Waals surface area contributed by atoms with E-state index < -0.39 is 11.8 Å². The van der Waals surface area contributed by atoms with Gasteiger partial charge in [0.15, 0.2) is 11.5 Å². The Bertz CT molecular complexity index is 560. The molecule has 1 aromatic carbocycles. The lowest BCUT2D eigenvalue weighted by atomic mass is 10.2. The van der Waals surface area contributed by atoms with Crippen molar-refractivity contribution in [3.63, 3.8) is 0 Å². The first-order chi connectivity index (χ1) is 11.1. The molecule has 0 saturated carbocycles. The predicted octanol–water partition coefficient (Wildman–Crippen LogP) is 0.307. The van der Waals surface area contributed by atoms with Gasteiger partial charge >= 0.3 is 11.8 Å². The number of hydrazone groups is 1. The summed E-state index contributed by atoms with van der Waals surface area (Å²) in [6.45, 7) is 0.874. The van der Waals surface area contributed by atoms with Gasteiger partial charge in [0.25, 0.3) is 0 Å². The lowest BCUT2D eigenvalue weighted by Gasteiger charge is -2.07. The molecule has 23 heavy (non-hydrogen) atoms. The number of amides is 2. The smallest absolute Gasteiger partial charge is 0.329 e. The van der Waals surface area contributed by atoms with Gasteiger partial charge in [-0.1, -0.05) is 0 Å². The molecule has 0 spiro atoms. The highest BCUT2D eigenvalue weighted by molar-refractivity contribution is 6.35. The predicted molar refractivity (Wildman–Crippen MR) is 84.8 cm³/mol. The molecule has 1 aromatic rings. The molecule has 0 aliphatic rings. The Morgan fingerprint density at radius 2 is 1.87 bits per heavy atom. The largest absolute Gasteiger partial charge is 0.493 e. The van der Waals surface area contributed by atoms with Gasteiger partial charge in [-0.25, -0.2) is 5.43 Å². The quantitative estimate of drug-likeness (QED) is 0.310. The van der Waals surface area contributed by atoms with E-state index in [-0.39, 0.29) is 0 Å². The van der Waals surface area contributed by atoms with E-state index in [0.717, 1.165) is 0 Å². The SMILES string of the molecule is COCCCNC(=O)C(=O)N/N=C/c1ccc(OC)c(OC)c1. The molecule has 1 rings (SSSR count). The van der Waals surface area contributed by atoms with Crippen LogP contribution in [0.3, 0.4) is 0 Å². The summed E-state index contributed by atoms with van der Waals surface area (Å²) in [7, 11) is 4.63. The molecule has 126 valence electrons. The molecule has 0 aliphatic carbocycles. The Morgan fingerprint density at radius 3 is 2.52 bits per heavy atom. The topological polar surface area (TPSA) is 98.2 Å². The summed E-state index contributed by atoms with van der Waals surface area (Å²) in [5.74, 6) is -0.451. The molecule has 0 fully saturated rings. The zero-order chi connectivity index (χ0) is 17.1. The van der Waals surface area contributed by atoms with Crippen LogP contribution < -0.4 is 20.2 Å². The van der Waals surface area contributed by atoms with E-state index in [1.807, 2.05) is 0 Å². The van der Waals surface area contributed by atoms with Crippen LogP contribution in [-0.4, -0.2) is 52.5 Å². The van der Waals surface area contributed by atoms with E-state index in [9.17, 15) is 9.59 Å². The van der Waals surface area contributed by atoms with Gasteiger partial charge in [-0.3, -0.25) is 9.59 Å². The van der Waals surface area contributed by atoms with E-state index in [2.05, 4.69) is 15.8 Å². The second kappa shape index (κ2) is 10.2. The van der Waals surface area contributed by atoms with E-state index in [4.69, 9.17) is 14.2 Å². The minimum atomic E-state index is -0.834. The minimum absolute atomic E-state index is 0.361. The number of methoxy groups -OCH3 is 3. The van der Waals surface area contributed by atoms with Crippen molar-refractivity contribution < 1.29 is 23.8 Å². The van der Waals surface area contributed by atoms with Crippen LogP contribution in [0.15, 0.2) is 23.3 Å². The second-order valence-electron chi connectivity index (χ2n) is 4.42. The van der Waals surface area contributed by atoms with Crippen molar-refractivity contribution in [3.05, 3.63) is 23.8 Å². The number of hydrogen-bond acceptors (Lipinski definition) is 6. The number of nitrogens with one attached hydrogen (secondary N) is 2. The summed E-state index contributed by atoms with van der Waals surface area (Å²) >= 11 is 0. The zero-order valence-electron chi connectivity index (χ0n) is 13.4. The van der Waals surface area contributed by atoms with Gasteiger partial charge in [0, 0.05) is 20.3 Å². The van der Waals surface area contributed by atoms with Crippen LogP contribution in [0.2, 0.25) is 0 Å². The van der Waals surface area contributed by atoms with Crippen molar-refractivity contribution in [2.24, 2.45) is 5.10 Å². The number of carbonyl (C=O) groups is 2. The van der Waals surface area contributed by atoms with Gasteiger partial charge < -0.3 is 19.5 Å². The van der Waals surface area contributed by atoms with Crippen LogP contribution in [0.5, 0.6) is 11.5 Å². The Hall–Kier alpha value is -2.61. The molecular formula is C15H21N3O5. The second-order valence-corrected chi connectivity index (χ2v) is 4.42. The third-order valence-electron chi connectivity index (χ3n) is 2.80. The maximum absolute atomic E-state index is 11.5. The van der Waals surface area contributed by atoms with Gasteiger partial charge in [-0.2, -0.15) is 5.10 Å². The van der Waals surface area contributed by atoms with E-state index >= 15 is 0 Å². The fourth-order valence-electron chi connectivity index (χ4n) is 1.65. The fourth-order valence-corrected chi connectivity index (χ4v) is 1.65. The van der Waals surface area contributed by atoms with Gasteiger partial charge in [0.2, 0.25) is 0 Å². The van der Waals surface area contributed by atoms with E-state index in [1.165, 1.54) is 20.4 Å². The fraction of sp³-hybridized carbons (Fsp3) is 0.400. The Kier molecular flexibility index (Phi) is 8.16. The van der Waals surface area contributed by atoms with E-state index in [0.29, 0.717) is 36.6 Å².